The molecule has 0 aromatic heterocycles. The lowest BCUT2D eigenvalue weighted by molar-refractivity contribution is -0.140. The maximum absolute atomic E-state index is 13.2. The van der Waals surface area contributed by atoms with E-state index in [0.717, 1.165) is 76.2 Å². The van der Waals surface area contributed by atoms with Crippen LogP contribution in [-0.4, -0.2) is 37.9 Å². The molecule has 0 amide bonds. The quantitative estimate of drug-likeness (QED) is 0.127. The first-order chi connectivity index (χ1) is 15.4. The van der Waals surface area contributed by atoms with Crippen LogP contribution in [0.1, 0.15) is 89.5 Å². The van der Waals surface area contributed by atoms with Crippen LogP contribution in [0.15, 0.2) is 41.3 Å². The smallest absolute Gasteiger partial charge is 0.305 e. The highest BCUT2D eigenvalue weighted by molar-refractivity contribution is 7.89. The lowest BCUT2D eigenvalue weighted by Crippen LogP contribution is -2.16. The van der Waals surface area contributed by atoms with Crippen LogP contribution in [0.3, 0.4) is 0 Å². The zero-order valence-electron chi connectivity index (χ0n) is 20.1. The molecule has 1 aromatic carbocycles. The first-order valence-electron chi connectivity index (χ1n) is 12.2. The summed E-state index contributed by atoms with van der Waals surface area (Å²) in [7, 11) is -1.99. The molecule has 1 aliphatic heterocycles. The van der Waals surface area contributed by atoms with Crippen molar-refractivity contribution in [2.45, 2.75) is 108 Å². The van der Waals surface area contributed by atoms with Gasteiger partial charge in [-0.3, -0.25) is 4.79 Å². The van der Waals surface area contributed by atoms with E-state index in [4.69, 9.17) is 0 Å². The summed E-state index contributed by atoms with van der Waals surface area (Å²) in [5.74, 6) is -0.126. The number of aryl methyl sites for hydroxylation is 1. The molecule has 0 saturated carbocycles. The van der Waals surface area contributed by atoms with Gasteiger partial charge in [0.15, 0.2) is 0 Å². The monoisotopic (exact) mass is 463 g/mol. The summed E-state index contributed by atoms with van der Waals surface area (Å²) in [6, 6.07) is 7.41. The van der Waals surface area contributed by atoms with Gasteiger partial charge in [0.25, 0.3) is 0 Å². The third-order valence-corrected chi connectivity index (χ3v) is 8.20. The summed E-state index contributed by atoms with van der Waals surface area (Å²) in [6.45, 7) is 4.14. The minimum absolute atomic E-state index is 0.0905. The van der Waals surface area contributed by atoms with Crippen molar-refractivity contribution >= 4 is 16.0 Å². The number of hydrogen-bond acceptors (Lipinski definition) is 4. The molecule has 0 aliphatic carbocycles. The van der Waals surface area contributed by atoms with Crippen molar-refractivity contribution in [3.63, 3.8) is 0 Å². The summed E-state index contributed by atoms with van der Waals surface area (Å²) < 4.78 is 32.7. The van der Waals surface area contributed by atoms with Gasteiger partial charge in [-0.1, -0.05) is 75.3 Å². The Morgan fingerprint density at radius 3 is 2.34 bits per heavy atom. The molecular weight excluding hydrogens is 422 g/mol. The Labute approximate surface area is 195 Å². The zero-order chi connectivity index (χ0) is 23.4. The topological polar surface area (TPSA) is 63.5 Å². The van der Waals surface area contributed by atoms with E-state index in [-0.39, 0.29) is 18.1 Å². The molecule has 1 aromatic rings. The fourth-order valence-electron chi connectivity index (χ4n) is 4.20. The van der Waals surface area contributed by atoms with Gasteiger partial charge in [-0.15, -0.1) is 0 Å². The number of hydrogen-bond donors (Lipinski definition) is 0. The van der Waals surface area contributed by atoms with Gasteiger partial charge < -0.3 is 4.74 Å². The van der Waals surface area contributed by atoms with Gasteiger partial charge in [0.1, 0.15) is 0 Å². The largest absolute Gasteiger partial charge is 0.469 e. The van der Waals surface area contributed by atoms with Crippen molar-refractivity contribution in [1.82, 2.24) is 4.31 Å². The van der Waals surface area contributed by atoms with Crippen molar-refractivity contribution < 1.29 is 17.9 Å². The fraction of sp³-hybridized carbons (Fsp3) is 0.654. The van der Waals surface area contributed by atoms with E-state index >= 15 is 0 Å². The Balaban J connectivity index is 1.77. The van der Waals surface area contributed by atoms with Crippen LogP contribution >= 0.6 is 0 Å². The molecule has 0 spiro atoms. The third kappa shape index (κ3) is 8.36. The van der Waals surface area contributed by atoms with E-state index in [1.54, 1.807) is 16.4 Å². The van der Waals surface area contributed by atoms with Gasteiger partial charge in [-0.05, 0) is 51.2 Å². The van der Waals surface area contributed by atoms with Crippen molar-refractivity contribution in [2.24, 2.45) is 0 Å². The van der Waals surface area contributed by atoms with Gasteiger partial charge >= 0.3 is 5.97 Å². The highest BCUT2D eigenvalue weighted by atomic mass is 32.2. The molecule has 1 unspecified atom stereocenters. The van der Waals surface area contributed by atoms with Crippen LogP contribution in [-0.2, 0) is 19.6 Å². The Kier molecular flexibility index (Phi) is 11.5. The molecule has 2 rings (SSSR count). The normalized spacial score (nSPS) is 20.5. The number of sulfonamides is 1. The minimum Gasteiger partial charge on any atom is -0.469 e. The first-order valence-corrected chi connectivity index (χ1v) is 13.7. The average Bonchev–Trinajstić information content (AvgIpc) is 3.48. The highest BCUT2D eigenvalue weighted by Crippen LogP contribution is 2.41. The molecule has 0 N–H and O–H groups in total. The van der Waals surface area contributed by atoms with E-state index in [2.05, 4.69) is 23.8 Å². The molecule has 6 heteroatoms. The molecular formula is C26H41NO4S. The Bertz CT molecular complexity index is 817. The molecule has 1 fully saturated rings. The first kappa shape index (κ1) is 26.6. The van der Waals surface area contributed by atoms with Crippen LogP contribution in [0.25, 0.3) is 0 Å². The minimum atomic E-state index is -3.42. The number of esters is 1. The van der Waals surface area contributed by atoms with E-state index in [9.17, 15) is 13.2 Å². The van der Waals surface area contributed by atoms with Crippen LogP contribution < -0.4 is 0 Å². The summed E-state index contributed by atoms with van der Waals surface area (Å²) in [4.78, 5) is 11.5. The van der Waals surface area contributed by atoms with Crippen LogP contribution in [0.2, 0.25) is 0 Å². The van der Waals surface area contributed by atoms with Crippen molar-refractivity contribution in [3.8, 4) is 0 Å². The predicted molar refractivity (Wildman–Crippen MR) is 130 cm³/mol. The summed E-state index contributed by atoms with van der Waals surface area (Å²) in [6.07, 6.45) is 16.4. The number of nitrogens with zero attached hydrogens (tertiary/aromatic N) is 1. The third-order valence-electron chi connectivity index (χ3n) is 6.23. The van der Waals surface area contributed by atoms with E-state index in [0.29, 0.717) is 11.3 Å². The predicted octanol–water partition coefficient (Wildman–Crippen LogP) is 6.17. The number of methoxy groups -OCH3 is 1. The van der Waals surface area contributed by atoms with Crippen molar-refractivity contribution in [3.05, 3.63) is 42.0 Å². The molecule has 0 bridgehead atoms. The summed E-state index contributed by atoms with van der Waals surface area (Å²) in [5.41, 5.74) is 1.07. The summed E-state index contributed by atoms with van der Waals surface area (Å²) in [5, 5.41) is 0. The average molecular weight is 464 g/mol. The SMILES string of the molecule is CCCCC[C@H]1[C@H](C/C=C\CCCCCCCC(=O)OC)N1S(=O)(=O)c1ccc(C)cc1. The maximum atomic E-state index is 13.2. The standard InChI is InChI=1S/C26H41NO4S/c1-4-5-12-15-24-25(27(24)32(29,30)23-20-18-22(2)19-21-23)16-13-10-8-6-7-9-11-14-17-26(28)31-3/h10,13,18-21,24-25H,4-9,11-12,14-17H2,1-3H3/b13-10-/t24-,25-,27?/m0/s1. The molecule has 0 radical (unpaired) electrons. The second-order valence-corrected chi connectivity index (χ2v) is 10.7. The fourth-order valence-corrected chi connectivity index (χ4v) is 6.05. The maximum Gasteiger partial charge on any atom is 0.305 e. The molecule has 1 heterocycles. The second kappa shape index (κ2) is 13.8. The highest BCUT2D eigenvalue weighted by Gasteiger charge is 2.53. The Morgan fingerprint density at radius 1 is 0.969 bits per heavy atom. The molecule has 1 aliphatic rings. The van der Waals surface area contributed by atoms with Crippen LogP contribution in [0, 0.1) is 6.92 Å². The van der Waals surface area contributed by atoms with Gasteiger partial charge in [0, 0.05) is 18.5 Å². The van der Waals surface area contributed by atoms with Gasteiger partial charge in [0.05, 0.1) is 12.0 Å². The number of unbranched alkanes of at least 4 members (excludes halogenated alkanes) is 7. The number of benzene rings is 1. The molecule has 5 nitrogen and oxygen atoms in total. The number of ether oxygens (including phenoxy) is 1. The van der Waals surface area contributed by atoms with Gasteiger partial charge in [-0.25, -0.2) is 8.42 Å². The second-order valence-electron chi connectivity index (χ2n) is 8.87. The lowest BCUT2D eigenvalue weighted by atomic mass is 10.1. The molecule has 32 heavy (non-hydrogen) atoms. The van der Waals surface area contributed by atoms with Crippen molar-refractivity contribution in [2.75, 3.05) is 7.11 Å². The van der Waals surface area contributed by atoms with E-state index < -0.39 is 10.0 Å². The molecule has 180 valence electrons. The molecule has 1 saturated heterocycles. The Hall–Kier alpha value is -1.66. The lowest BCUT2D eigenvalue weighted by Gasteiger charge is -2.07. The number of rotatable bonds is 16. The zero-order valence-corrected chi connectivity index (χ0v) is 20.9. The van der Waals surface area contributed by atoms with Crippen molar-refractivity contribution in [1.29, 1.82) is 0 Å². The van der Waals surface area contributed by atoms with E-state index in [1.807, 2.05) is 19.1 Å². The van der Waals surface area contributed by atoms with Crippen LogP contribution in [0.4, 0.5) is 0 Å². The summed E-state index contributed by atoms with van der Waals surface area (Å²) >= 11 is 0. The number of allylic oxidation sites excluding steroid dienone is 1. The number of carbonyl (C=O) groups excluding carboxylic acids is 1. The van der Waals surface area contributed by atoms with E-state index in [1.165, 1.54) is 7.11 Å². The van der Waals surface area contributed by atoms with Gasteiger partial charge in [0.2, 0.25) is 10.0 Å². The Morgan fingerprint density at radius 2 is 1.66 bits per heavy atom. The van der Waals surface area contributed by atoms with Gasteiger partial charge in [-0.2, -0.15) is 4.31 Å². The molecule has 3 atom stereocenters. The number of carbonyl (C=O) groups is 1. The van der Waals surface area contributed by atoms with Crippen LogP contribution in [0.5, 0.6) is 0 Å².